The fourth-order valence-electron chi connectivity index (χ4n) is 1.80. The quantitative estimate of drug-likeness (QED) is 0.367. The van der Waals surface area contributed by atoms with E-state index in [0.29, 0.717) is 0 Å². The predicted molar refractivity (Wildman–Crippen MR) is 134 cm³/mol. The first-order valence-electron chi connectivity index (χ1n) is 6.55. The van der Waals surface area contributed by atoms with Gasteiger partial charge in [0.2, 0.25) is 0 Å². The van der Waals surface area contributed by atoms with Gasteiger partial charge in [-0.3, -0.25) is 0 Å². The van der Waals surface area contributed by atoms with Crippen molar-refractivity contribution in [3.05, 3.63) is 56.9 Å². The van der Waals surface area contributed by atoms with Crippen LogP contribution in [-0.4, -0.2) is 12.5 Å². The zero-order valence-corrected chi connectivity index (χ0v) is 20.6. The van der Waals surface area contributed by atoms with Crippen molar-refractivity contribution in [3.8, 4) is 0 Å². The van der Waals surface area contributed by atoms with Gasteiger partial charge in [0.25, 0.3) is 0 Å². The van der Waals surface area contributed by atoms with E-state index in [0.717, 1.165) is 0 Å². The van der Waals surface area contributed by atoms with E-state index in [9.17, 15) is 0 Å². The molecule has 4 heterocycles. The Labute approximate surface area is 185 Å². The van der Waals surface area contributed by atoms with E-state index in [1.807, 2.05) is 118 Å². The first-order valence-corrected chi connectivity index (χ1v) is 15.7. The van der Waals surface area contributed by atoms with Crippen LogP contribution in [0.4, 0.5) is 0 Å². The molecule has 4 aliphatic heterocycles. The summed E-state index contributed by atoms with van der Waals surface area (Å²) < 4.78 is 11.5. The molecule has 0 bridgehead atoms. The van der Waals surface area contributed by atoms with E-state index in [-0.39, 0.29) is 0 Å². The van der Waals surface area contributed by atoms with Crippen molar-refractivity contribution < 1.29 is 0 Å². The Hall–Kier alpha value is 1.94. The standard InChI is InChI=1S/C14H10S10/c1-15-9-10(16-2)20-7(19-9)3-4-8-21-13-14(22-8)24-12(23-13)11-17-5-6-18-11/h3-6H,1-2H3. The number of thioether (sulfide) groups is 10. The van der Waals surface area contributed by atoms with Crippen LogP contribution in [0.5, 0.6) is 0 Å². The Bertz CT molecular complexity index is 702. The second-order valence-corrected chi connectivity index (χ2v) is 16.0. The summed E-state index contributed by atoms with van der Waals surface area (Å²) in [6.07, 6.45) is 8.90. The smallest absolute Gasteiger partial charge is 0.0717 e. The molecule has 0 saturated heterocycles. The molecule has 4 aliphatic rings. The van der Waals surface area contributed by atoms with Crippen molar-refractivity contribution >= 4 is 118 Å². The molecule has 0 amide bonds. The van der Waals surface area contributed by atoms with Gasteiger partial charge >= 0.3 is 0 Å². The molecule has 0 nitrogen and oxygen atoms in total. The molecule has 0 atom stereocenters. The van der Waals surface area contributed by atoms with Gasteiger partial charge in [0.1, 0.15) is 0 Å². The summed E-state index contributed by atoms with van der Waals surface area (Å²) in [5, 5.41) is 4.35. The van der Waals surface area contributed by atoms with E-state index in [1.54, 1.807) is 0 Å². The second-order valence-electron chi connectivity index (χ2n) is 4.22. The van der Waals surface area contributed by atoms with Gasteiger partial charge in [-0.25, -0.2) is 0 Å². The fourth-order valence-corrected chi connectivity index (χ4v) is 15.0. The van der Waals surface area contributed by atoms with Crippen molar-refractivity contribution in [2.24, 2.45) is 0 Å². The van der Waals surface area contributed by atoms with Crippen molar-refractivity contribution in [1.29, 1.82) is 0 Å². The van der Waals surface area contributed by atoms with Gasteiger partial charge in [-0.05, 0) is 35.5 Å². The molecule has 0 spiro atoms. The highest BCUT2D eigenvalue weighted by Gasteiger charge is 2.32. The zero-order valence-electron chi connectivity index (χ0n) is 12.4. The van der Waals surface area contributed by atoms with Crippen LogP contribution < -0.4 is 0 Å². The van der Waals surface area contributed by atoms with Gasteiger partial charge < -0.3 is 0 Å². The third-order valence-electron chi connectivity index (χ3n) is 2.78. The highest BCUT2D eigenvalue weighted by atomic mass is 32.3. The van der Waals surface area contributed by atoms with Crippen LogP contribution in [0.3, 0.4) is 0 Å². The van der Waals surface area contributed by atoms with Crippen LogP contribution in [0.1, 0.15) is 0 Å². The molecular formula is C14H10S10. The topological polar surface area (TPSA) is 0 Å². The van der Waals surface area contributed by atoms with Crippen LogP contribution in [0.2, 0.25) is 0 Å². The maximum absolute atomic E-state index is 2.29. The summed E-state index contributed by atoms with van der Waals surface area (Å²) in [5.41, 5.74) is 0. The lowest BCUT2D eigenvalue weighted by molar-refractivity contribution is 2.05. The Morgan fingerprint density at radius 1 is 0.625 bits per heavy atom. The van der Waals surface area contributed by atoms with Crippen LogP contribution in [-0.2, 0) is 0 Å². The van der Waals surface area contributed by atoms with Gasteiger partial charge in [-0.15, -0.1) is 23.5 Å². The van der Waals surface area contributed by atoms with E-state index < -0.39 is 0 Å². The van der Waals surface area contributed by atoms with Gasteiger partial charge in [0, 0.05) is 0 Å². The Kier molecular flexibility index (Phi) is 7.19. The molecule has 0 aromatic carbocycles. The molecule has 0 fully saturated rings. The SMILES string of the molecule is CSC1=C(SC)SC(=CC=C2SC3=C(S2)SC(=C2SC=CS2)S3)S1. The lowest BCUT2D eigenvalue weighted by Crippen LogP contribution is -1.69. The van der Waals surface area contributed by atoms with Gasteiger partial charge in [-0.1, -0.05) is 94.1 Å². The highest BCUT2D eigenvalue weighted by Crippen LogP contribution is 2.68. The number of allylic oxidation sites excluding steroid dienone is 2. The molecule has 0 aromatic heterocycles. The third kappa shape index (κ3) is 4.33. The Morgan fingerprint density at radius 2 is 1.08 bits per heavy atom. The molecule has 4 rings (SSSR count). The molecule has 0 N–H and O–H groups in total. The van der Waals surface area contributed by atoms with E-state index in [1.165, 1.54) is 33.9 Å². The summed E-state index contributed by atoms with van der Waals surface area (Å²) >= 11 is 18.9. The van der Waals surface area contributed by atoms with Crippen LogP contribution in [0.15, 0.2) is 56.9 Å². The number of hydrogen-bond donors (Lipinski definition) is 0. The van der Waals surface area contributed by atoms with Crippen molar-refractivity contribution in [2.45, 2.75) is 0 Å². The summed E-state index contributed by atoms with van der Waals surface area (Å²) in [4.78, 5) is 0. The average molecular weight is 499 g/mol. The van der Waals surface area contributed by atoms with Gasteiger partial charge in [0.05, 0.1) is 33.9 Å². The maximum atomic E-state index is 2.29. The lowest BCUT2D eigenvalue weighted by atomic mass is 10.6. The predicted octanol–water partition coefficient (Wildman–Crippen LogP) is 9.17. The number of rotatable bonds is 3. The largest absolute Gasteiger partial charge is 0.121 e. The summed E-state index contributed by atoms with van der Waals surface area (Å²) in [7, 11) is 0. The fraction of sp³-hybridized carbons (Fsp3) is 0.143. The molecule has 0 radical (unpaired) electrons. The zero-order chi connectivity index (χ0) is 16.5. The summed E-state index contributed by atoms with van der Waals surface area (Å²) in [6, 6.07) is 0. The highest BCUT2D eigenvalue weighted by molar-refractivity contribution is 8.49. The summed E-state index contributed by atoms with van der Waals surface area (Å²) in [5.74, 6) is 0. The minimum atomic E-state index is 1.39. The van der Waals surface area contributed by atoms with E-state index in [4.69, 9.17) is 0 Å². The molecule has 0 unspecified atom stereocenters. The maximum Gasteiger partial charge on any atom is 0.0717 e. The molecule has 24 heavy (non-hydrogen) atoms. The normalized spacial score (nSPS) is 23.2. The van der Waals surface area contributed by atoms with Crippen molar-refractivity contribution in [1.82, 2.24) is 0 Å². The van der Waals surface area contributed by atoms with Gasteiger partial charge in [-0.2, -0.15) is 0 Å². The van der Waals surface area contributed by atoms with Gasteiger partial charge in [0.15, 0.2) is 0 Å². The second kappa shape index (κ2) is 8.96. The molecule has 0 aromatic rings. The Morgan fingerprint density at radius 3 is 1.58 bits per heavy atom. The molecule has 10 heteroatoms. The van der Waals surface area contributed by atoms with Crippen LogP contribution >= 0.6 is 118 Å². The minimum Gasteiger partial charge on any atom is -0.121 e. The Balaban J connectivity index is 1.37. The number of hydrogen-bond acceptors (Lipinski definition) is 10. The van der Waals surface area contributed by atoms with Crippen LogP contribution in [0, 0.1) is 0 Å². The van der Waals surface area contributed by atoms with E-state index >= 15 is 0 Å². The lowest BCUT2D eigenvalue weighted by Gasteiger charge is -2.04. The minimum absolute atomic E-state index is 1.39. The first-order chi connectivity index (χ1) is 11.8. The van der Waals surface area contributed by atoms with Crippen molar-refractivity contribution in [2.75, 3.05) is 12.5 Å². The third-order valence-corrected chi connectivity index (χ3v) is 16.1. The average Bonchev–Trinajstić information content (AvgIpc) is 3.33. The molecular weight excluding hydrogens is 489 g/mol. The van der Waals surface area contributed by atoms with Crippen LogP contribution in [0.25, 0.3) is 0 Å². The first kappa shape index (κ1) is 19.3. The van der Waals surface area contributed by atoms with E-state index in [2.05, 4.69) is 35.5 Å². The monoisotopic (exact) mass is 498 g/mol. The summed E-state index contributed by atoms with van der Waals surface area (Å²) in [6.45, 7) is 0. The van der Waals surface area contributed by atoms with Crippen molar-refractivity contribution in [3.63, 3.8) is 0 Å². The molecule has 0 saturated carbocycles. The molecule has 126 valence electrons. The molecule has 0 aliphatic carbocycles.